The zero-order valence-corrected chi connectivity index (χ0v) is 14.4. The Labute approximate surface area is 150 Å². The number of carbonyl (C=O) groups excluding carboxylic acids is 2. The molecule has 0 saturated heterocycles. The topological polar surface area (TPSA) is 55.4 Å². The fourth-order valence-corrected chi connectivity index (χ4v) is 2.25. The van der Waals surface area contributed by atoms with Crippen LogP contribution in [0.4, 0.5) is 5.69 Å². The molecule has 124 valence electrons. The quantitative estimate of drug-likeness (QED) is 0.628. The molecule has 0 aliphatic rings. The van der Waals surface area contributed by atoms with Gasteiger partial charge in [0.2, 0.25) is 0 Å². The number of hydrogen-bond acceptors (Lipinski definition) is 3. The average molecular weight is 364 g/mol. The highest BCUT2D eigenvalue weighted by Crippen LogP contribution is 2.20. The highest BCUT2D eigenvalue weighted by Gasteiger charge is 2.08. The van der Waals surface area contributed by atoms with Gasteiger partial charge < -0.3 is 10.1 Å². The molecule has 6 heteroatoms. The van der Waals surface area contributed by atoms with Gasteiger partial charge in [0.1, 0.15) is 0 Å². The molecule has 0 fully saturated rings. The maximum Gasteiger partial charge on any atom is 0.331 e. The molecule has 0 radical (unpaired) electrons. The van der Waals surface area contributed by atoms with Crippen LogP contribution < -0.4 is 5.32 Å². The maximum atomic E-state index is 11.8. The molecule has 0 aliphatic carbocycles. The molecule has 4 nitrogen and oxygen atoms in total. The first-order valence-corrected chi connectivity index (χ1v) is 7.86. The Bertz CT molecular complexity index is 788. The Morgan fingerprint density at radius 3 is 2.62 bits per heavy atom. The molecular weight excluding hydrogens is 349 g/mol. The molecule has 0 bridgehead atoms. The van der Waals surface area contributed by atoms with Gasteiger partial charge in [-0.3, -0.25) is 4.79 Å². The number of halogens is 2. The van der Waals surface area contributed by atoms with Gasteiger partial charge in [-0.05, 0) is 48.4 Å². The molecule has 0 atom stereocenters. The number of amides is 1. The van der Waals surface area contributed by atoms with Crippen LogP contribution in [0.15, 0.2) is 48.5 Å². The highest BCUT2D eigenvalue weighted by atomic mass is 35.5. The lowest BCUT2D eigenvalue weighted by Gasteiger charge is -2.08. The van der Waals surface area contributed by atoms with E-state index in [1.165, 1.54) is 6.08 Å². The molecule has 0 saturated carbocycles. The van der Waals surface area contributed by atoms with E-state index < -0.39 is 11.9 Å². The first kappa shape index (κ1) is 18.0. The zero-order valence-electron chi connectivity index (χ0n) is 12.9. The van der Waals surface area contributed by atoms with E-state index in [1.54, 1.807) is 48.5 Å². The smallest absolute Gasteiger partial charge is 0.331 e. The number of carbonyl (C=O) groups is 2. The van der Waals surface area contributed by atoms with Crippen molar-refractivity contribution in [3.8, 4) is 0 Å². The Morgan fingerprint density at radius 2 is 1.88 bits per heavy atom. The lowest BCUT2D eigenvalue weighted by atomic mass is 10.2. The second-order valence-electron chi connectivity index (χ2n) is 5.00. The minimum Gasteiger partial charge on any atom is -0.452 e. The molecule has 0 spiro atoms. The van der Waals surface area contributed by atoms with Crippen molar-refractivity contribution in [2.24, 2.45) is 0 Å². The number of benzene rings is 2. The van der Waals surface area contributed by atoms with E-state index in [-0.39, 0.29) is 6.61 Å². The number of anilines is 1. The number of aryl methyl sites for hydroxylation is 1. The Balaban J connectivity index is 1.85. The lowest BCUT2D eigenvalue weighted by Crippen LogP contribution is -2.20. The second kappa shape index (κ2) is 8.52. The van der Waals surface area contributed by atoms with Crippen LogP contribution in [0.1, 0.15) is 11.1 Å². The Hall–Kier alpha value is -2.30. The van der Waals surface area contributed by atoms with Crippen molar-refractivity contribution in [3.05, 3.63) is 69.7 Å². The summed E-state index contributed by atoms with van der Waals surface area (Å²) in [7, 11) is 0. The van der Waals surface area contributed by atoms with E-state index in [1.807, 2.05) is 6.92 Å². The molecule has 2 aromatic rings. The third-order valence-electron chi connectivity index (χ3n) is 3.08. The maximum absolute atomic E-state index is 11.8. The summed E-state index contributed by atoms with van der Waals surface area (Å²) in [5.74, 6) is -1.06. The highest BCUT2D eigenvalue weighted by molar-refractivity contribution is 6.31. The summed E-state index contributed by atoms with van der Waals surface area (Å²) in [5, 5.41) is 3.73. The zero-order chi connectivity index (χ0) is 17.5. The molecular formula is C18H15Cl2NO3. The minimum atomic E-state index is -0.618. The van der Waals surface area contributed by atoms with Crippen molar-refractivity contribution in [1.82, 2.24) is 0 Å². The number of esters is 1. The minimum absolute atomic E-state index is 0.384. The van der Waals surface area contributed by atoms with E-state index in [4.69, 9.17) is 27.9 Å². The normalized spacial score (nSPS) is 10.6. The average Bonchev–Trinajstić information content (AvgIpc) is 2.54. The lowest BCUT2D eigenvalue weighted by molar-refractivity contribution is -0.142. The van der Waals surface area contributed by atoms with E-state index in [9.17, 15) is 9.59 Å². The van der Waals surface area contributed by atoms with Crippen molar-refractivity contribution in [1.29, 1.82) is 0 Å². The first-order valence-electron chi connectivity index (χ1n) is 7.10. The van der Waals surface area contributed by atoms with Crippen LogP contribution in [0.3, 0.4) is 0 Å². The van der Waals surface area contributed by atoms with E-state index >= 15 is 0 Å². The van der Waals surface area contributed by atoms with Crippen molar-refractivity contribution in [2.75, 3.05) is 11.9 Å². The third kappa shape index (κ3) is 5.72. The molecule has 0 heterocycles. The summed E-state index contributed by atoms with van der Waals surface area (Å²) in [6.45, 7) is 1.45. The standard InChI is InChI=1S/C18H15Cl2NO3/c1-12-5-7-15(20)10-16(12)21-17(22)11-24-18(23)8-6-13-3-2-4-14(19)9-13/h2-10H,11H2,1H3,(H,21,22)/b8-6+. The molecule has 2 rings (SSSR count). The van der Waals surface area contributed by atoms with Crippen LogP contribution in [-0.2, 0) is 14.3 Å². The first-order chi connectivity index (χ1) is 11.4. The number of nitrogens with one attached hydrogen (secondary N) is 1. The van der Waals surface area contributed by atoms with Gasteiger partial charge in [-0.2, -0.15) is 0 Å². The van der Waals surface area contributed by atoms with Gasteiger partial charge in [-0.15, -0.1) is 0 Å². The SMILES string of the molecule is Cc1ccc(Cl)cc1NC(=O)COC(=O)/C=C/c1cccc(Cl)c1. The van der Waals surface area contributed by atoms with Crippen LogP contribution >= 0.6 is 23.2 Å². The van der Waals surface area contributed by atoms with E-state index in [0.29, 0.717) is 15.7 Å². The summed E-state index contributed by atoms with van der Waals surface area (Å²) in [6, 6.07) is 12.2. The van der Waals surface area contributed by atoms with Gasteiger partial charge in [0.15, 0.2) is 6.61 Å². The van der Waals surface area contributed by atoms with E-state index in [0.717, 1.165) is 11.1 Å². The summed E-state index contributed by atoms with van der Waals surface area (Å²) < 4.78 is 4.89. The van der Waals surface area contributed by atoms with Crippen LogP contribution in [0, 0.1) is 6.92 Å². The predicted octanol–water partition coefficient (Wildman–Crippen LogP) is 4.50. The number of hydrogen-bond donors (Lipinski definition) is 1. The van der Waals surface area contributed by atoms with Crippen molar-refractivity contribution >= 4 is 46.8 Å². The molecule has 1 amide bonds. The predicted molar refractivity (Wildman–Crippen MR) is 96.3 cm³/mol. The van der Waals surface area contributed by atoms with Gasteiger partial charge in [0.05, 0.1) is 0 Å². The van der Waals surface area contributed by atoms with Gasteiger partial charge in [-0.25, -0.2) is 4.79 Å². The molecule has 0 aliphatic heterocycles. The van der Waals surface area contributed by atoms with Gasteiger partial charge in [-0.1, -0.05) is 41.4 Å². The van der Waals surface area contributed by atoms with Gasteiger partial charge >= 0.3 is 5.97 Å². The Kier molecular flexibility index (Phi) is 6.41. The summed E-state index contributed by atoms with van der Waals surface area (Å²) in [4.78, 5) is 23.5. The molecule has 0 aromatic heterocycles. The van der Waals surface area contributed by atoms with Crippen LogP contribution in [0.5, 0.6) is 0 Å². The third-order valence-corrected chi connectivity index (χ3v) is 3.55. The monoisotopic (exact) mass is 363 g/mol. The molecule has 24 heavy (non-hydrogen) atoms. The molecule has 2 aromatic carbocycles. The largest absolute Gasteiger partial charge is 0.452 e. The molecule has 1 N–H and O–H groups in total. The van der Waals surface area contributed by atoms with Gasteiger partial charge in [0.25, 0.3) is 5.91 Å². The second-order valence-corrected chi connectivity index (χ2v) is 5.88. The summed E-state index contributed by atoms with van der Waals surface area (Å²) in [5.41, 5.74) is 2.21. The summed E-state index contributed by atoms with van der Waals surface area (Å²) >= 11 is 11.7. The van der Waals surface area contributed by atoms with Crippen LogP contribution in [-0.4, -0.2) is 18.5 Å². The fourth-order valence-electron chi connectivity index (χ4n) is 1.87. The van der Waals surface area contributed by atoms with Gasteiger partial charge in [0, 0.05) is 21.8 Å². The Morgan fingerprint density at radius 1 is 1.12 bits per heavy atom. The summed E-state index contributed by atoms with van der Waals surface area (Å²) in [6.07, 6.45) is 2.80. The number of ether oxygens (including phenoxy) is 1. The van der Waals surface area contributed by atoms with Crippen molar-refractivity contribution in [3.63, 3.8) is 0 Å². The van der Waals surface area contributed by atoms with E-state index in [2.05, 4.69) is 5.32 Å². The fraction of sp³-hybridized carbons (Fsp3) is 0.111. The van der Waals surface area contributed by atoms with Crippen molar-refractivity contribution < 1.29 is 14.3 Å². The number of rotatable bonds is 5. The van der Waals surface area contributed by atoms with Crippen molar-refractivity contribution in [2.45, 2.75) is 6.92 Å². The van der Waals surface area contributed by atoms with Crippen LogP contribution in [0.25, 0.3) is 6.08 Å². The molecule has 0 unspecified atom stereocenters. The van der Waals surface area contributed by atoms with Crippen LogP contribution in [0.2, 0.25) is 10.0 Å².